The Bertz CT molecular complexity index is 861. The lowest BCUT2D eigenvalue weighted by Crippen LogP contribution is -2.21. The molecule has 1 aromatic carbocycles. The van der Waals surface area contributed by atoms with E-state index in [1.54, 1.807) is 13.1 Å². The van der Waals surface area contributed by atoms with Gasteiger partial charge in [0.1, 0.15) is 10.3 Å². The summed E-state index contributed by atoms with van der Waals surface area (Å²) in [6.45, 7) is 9.23. The molecule has 0 atom stereocenters. The molecule has 8 heteroatoms. The van der Waals surface area contributed by atoms with Gasteiger partial charge in [-0.1, -0.05) is 26.8 Å². The Morgan fingerprint density at radius 3 is 2.39 bits per heavy atom. The molecule has 0 unspecified atom stereocenters. The quantitative estimate of drug-likeness (QED) is 0.614. The fourth-order valence-corrected chi connectivity index (χ4v) is 2.77. The Balaban J connectivity index is 2.44. The Hall–Kier alpha value is -2.35. The van der Waals surface area contributed by atoms with E-state index in [1.807, 2.05) is 38.1 Å². The predicted octanol–water partition coefficient (Wildman–Crippen LogP) is 4.17. The van der Waals surface area contributed by atoms with E-state index in [-0.39, 0.29) is 11.3 Å². The molecule has 1 heterocycles. The van der Waals surface area contributed by atoms with Crippen LogP contribution in [0.4, 0.5) is 23.3 Å². The van der Waals surface area contributed by atoms with Crippen molar-refractivity contribution in [1.82, 2.24) is 15.3 Å². The third-order valence-corrected chi connectivity index (χ3v) is 4.76. The maximum atomic E-state index is 12.0. The summed E-state index contributed by atoms with van der Waals surface area (Å²) in [6, 6.07) is 5.53. The van der Waals surface area contributed by atoms with Gasteiger partial charge in [0.2, 0.25) is 5.95 Å². The van der Waals surface area contributed by atoms with Crippen molar-refractivity contribution in [2.45, 2.75) is 27.7 Å². The molecule has 3 N–H and O–H groups in total. The van der Waals surface area contributed by atoms with Crippen LogP contribution in [0.2, 0.25) is 0 Å². The number of aromatic nitrogens is 2. The summed E-state index contributed by atoms with van der Waals surface area (Å²) in [5.74, 6) is 1.80. The topological polar surface area (TPSA) is 82.2 Å². The van der Waals surface area contributed by atoms with E-state index >= 15 is 0 Å². The smallest absolute Gasteiger partial charge is 0.251 e. The van der Waals surface area contributed by atoms with Gasteiger partial charge in [0.25, 0.3) is 5.91 Å². The molecule has 0 radical (unpaired) electrons. The summed E-state index contributed by atoms with van der Waals surface area (Å²) < 4.78 is 0.743. The van der Waals surface area contributed by atoms with Gasteiger partial charge in [-0.15, -0.1) is 0 Å². The number of benzene rings is 1. The zero-order valence-corrected chi connectivity index (χ0v) is 19.2. The van der Waals surface area contributed by atoms with Crippen molar-refractivity contribution in [2.24, 2.45) is 5.41 Å². The van der Waals surface area contributed by atoms with Crippen LogP contribution in [0.1, 0.15) is 36.7 Å². The Labute approximate surface area is 175 Å². The maximum Gasteiger partial charge on any atom is 0.251 e. The van der Waals surface area contributed by atoms with E-state index in [0.717, 1.165) is 28.1 Å². The predicted molar refractivity (Wildman–Crippen MR) is 120 cm³/mol. The molecule has 2 aromatic rings. The van der Waals surface area contributed by atoms with Gasteiger partial charge in [-0.3, -0.25) is 4.79 Å². The SMILES string of the molecule is CNC(=O)c1ccc(C)c(Nc2nc(N(C)C)nc(NCC(C)(C)C)c2Br)c1. The van der Waals surface area contributed by atoms with Crippen LogP contribution in [-0.2, 0) is 0 Å². The lowest BCUT2D eigenvalue weighted by molar-refractivity contribution is 0.0963. The lowest BCUT2D eigenvalue weighted by atomic mass is 9.97. The average molecular weight is 449 g/mol. The zero-order chi connectivity index (χ0) is 21.1. The van der Waals surface area contributed by atoms with E-state index in [9.17, 15) is 4.79 Å². The number of anilines is 4. The van der Waals surface area contributed by atoms with E-state index in [0.29, 0.717) is 17.3 Å². The first-order valence-corrected chi connectivity index (χ1v) is 9.89. The molecule has 1 aromatic heterocycles. The first-order chi connectivity index (χ1) is 13.0. The van der Waals surface area contributed by atoms with Gasteiger partial charge in [-0.2, -0.15) is 9.97 Å². The number of carbonyl (C=O) groups is 1. The van der Waals surface area contributed by atoms with Crippen molar-refractivity contribution in [3.8, 4) is 0 Å². The first kappa shape index (κ1) is 21.9. The average Bonchev–Trinajstić information content (AvgIpc) is 2.62. The number of hydrogen-bond donors (Lipinski definition) is 3. The van der Waals surface area contributed by atoms with Crippen LogP contribution in [0.25, 0.3) is 0 Å². The second-order valence-electron chi connectivity index (χ2n) is 8.08. The molecule has 7 nitrogen and oxygen atoms in total. The van der Waals surface area contributed by atoms with Gasteiger partial charge >= 0.3 is 0 Å². The van der Waals surface area contributed by atoms with E-state index in [4.69, 9.17) is 0 Å². The van der Waals surface area contributed by atoms with Crippen LogP contribution in [-0.4, -0.2) is 43.6 Å². The molecular weight excluding hydrogens is 420 g/mol. The Kier molecular flexibility index (Phi) is 6.87. The summed E-state index contributed by atoms with van der Waals surface area (Å²) >= 11 is 3.63. The Morgan fingerprint density at radius 1 is 1.18 bits per heavy atom. The normalized spacial score (nSPS) is 11.1. The summed E-state index contributed by atoms with van der Waals surface area (Å²) in [5, 5.41) is 9.40. The van der Waals surface area contributed by atoms with Crippen LogP contribution < -0.4 is 20.9 Å². The standard InChI is InChI=1S/C20H29BrN6O/c1-12-8-9-13(18(28)22-5)10-14(12)24-17-15(21)16(23-11-20(2,3)4)25-19(26-17)27(6)7/h8-10H,11H2,1-7H3,(H,22,28)(H2,23,24,25,26). The highest BCUT2D eigenvalue weighted by Crippen LogP contribution is 2.33. The number of hydrogen-bond acceptors (Lipinski definition) is 6. The van der Waals surface area contributed by atoms with Crippen LogP contribution in [0.3, 0.4) is 0 Å². The number of aryl methyl sites for hydroxylation is 1. The van der Waals surface area contributed by atoms with Crippen LogP contribution >= 0.6 is 15.9 Å². The molecule has 0 bridgehead atoms. The summed E-state index contributed by atoms with van der Waals surface area (Å²) in [6.07, 6.45) is 0. The minimum atomic E-state index is -0.133. The number of nitrogens with one attached hydrogen (secondary N) is 3. The van der Waals surface area contributed by atoms with Crippen molar-refractivity contribution in [3.63, 3.8) is 0 Å². The minimum absolute atomic E-state index is 0.106. The molecular formula is C20H29BrN6O. The van der Waals surface area contributed by atoms with Gasteiger partial charge in [0.05, 0.1) is 0 Å². The highest BCUT2D eigenvalue weighted by Gasteiger charge is 2.17. The number of amides is 1. The lowest BCUT2D eigenvalue weighted by Gasteiger charge is -2.22. The molecule has 0 saturated carbocycles. The number of rotatable bonds is 6. The molecule has 152 valence electrons. The van der Waals surface area contributed by atoms with E-state index in [1.165, 1.54) is 0 Å². The Morgan fingerprint density at radius 2 is 1.82 bits per heavy atom. The third-order valence-electron chi connectivity index (χ3n) is 4.01. The van der Waals surface area contributed by atoms with Gasteiger partial charge in [-0.25, -0.2) is 0 Å². The summed E-state index contributed by atoms with van der Waals surface area (Å²) in [5.41, 5.74) is 2.51. The molecule has 0 aliphatic carbocycles. The molecule has 0 aliphatic rings. The van der Waals surface area contributed by atoms with Crippen LogP contribution in [0, 0.1) is 12.3 Å². The minimum Gasteiger partial charge on any atom is -0.368 e. The molecule has 0 aliphatic heterocycles. The third kappa shape index (κ3) is 5.58. The second kappa shape index (κ2) is 8.77. The van der Waals surface area contributed by atoms with Crippen LogP contribution in [0.15, 0.2) is 22.7 Å². The van der Waals surface area contributed by atoms with E-state index < -0.39 is 0 Å². The molecule has 0 fully saturated rings. The van der Waals surface area contributed by atoms with Crippen LogP contribution in [0.5, 0.6) is 0 Å². The van der Waals surface area contributed by atoms with Crippen molar-refractivity contribution in [2.75, 3.05) is 43.2 Å². The summed E-state index contributed by atoms with van der Waals surface area (Å²) in [4.78, 5) is 23.1. The number of halogens is 1. The number of carbonyl (C=O) groups excluding carboxylic acids is 1. The van der Waals surface area contributed by atoms with Gasteiger partial charge < -0.3 is 20.9 Å². The van der Waals surface area contributed by atoms with Crippen molar-refractivity contribution in [1.29, 1.82) is 0 Å². The molecule has 1 amide bonds. The number of nitrogens with zero attached hydrogens (tertiary/aromatic N) is 3. The van der Waals surface area contributed by atoms with Gasteiger partial charge in [0, 0.05) is 38.9 Å². The van der Waals surface area contributed by atoms with Crippen molar-refractivity contribution < 1.29 is 4.79 Å². The maximum absolute atomic E-state index is 12.0. The molecule has 0 saturated heterocycles. The fourth-order valence-electron chi connectivity index (χ4n) is 2.35. The van der Waals surface area contributed by atoms with E-state index in [2.05, 4.69) is 62.6 Å². The molecule has 2 rings (SSSR count). The van der Waals surface area contributed by atoms with Crippen molar-refractivity contribution in [3.05, 3.63) is 33.8 Å². The second-order valence-corrected chi connectivity index (χ2v) is 8.87. The van der Waals surface area contributed by atoms with Gasteiger partial charge in [-0.05, 0) is 46.0 Å². The molecule has 28 heavy (non-hydrogen) atoms. The largest absolute Gasteiger partial charge is 0.368 e. The first-order valence-electron chi connectivity index (χ1n) is 9.10. The zero-order valence-electron chi connectivity index (χ0n) is 17.6. The monoisotopic (exact) mass is 448 g/mol. The van der Waals surface area contributed by atoms with Crippen molar-refractivity contribution >= 4 is 45.1 Å². The highest BCUT2D eigenvalue weighted by molar-refractivity contribution is 9.10. The summed E-state index contributed by atoms with van der Waals surface area (Å²) in [7, 11) is 5.42. The fraction of sp³-hybridized carbons (Fsp3) is 0.450. The molecule has 0 spiro atoms. The highest BCUT2D eigenvalue weighted by atomic mass is 79.9. The van der Waals surface area contributed by atoms with Gasteiger partial charge in [0.15, 0.2) is 5.82 Å².